The van der Waals surface area contributed by atoms with Gasteiger partial charge in [0.25, 0.3) is 0 Å². The van der Waals surface area contributed by atoms with Crippen molar-refractivity contribution in [1.82, 2.24) is 0 Å². The van der Waals surface area contributed by atoms with Crippen molar-refractivity contribution in [1.29, 1.82) is 0 Å². The molecule has 6 heteroatoms. The molecule has 0 amide bonds. The zero-order valence-corrected chi connectivity index (χ0v) is 19.8. The quantitative estimate of drug-likeness (QED) is 0.178. The minimum atomic E-state index is -0.302. The summed E-state index contributed by atoms with van der Waals surface area (Å²) in [6.07, 6.45) is 0.805. The molecule has 0 aliphatic carbocycles. The predicted octanol–water partition coefficient (Wildman–Crippen LogP) is 7.06. The molecular formula is C25H24BrClO4. The van der Waals surface area contributed by atoms with E-state index < -0.39 is 0 Å². The van der Waals surface area contributed by atoms with Crippen LogP contribution < -0.4 is 14.2 Å². The second-order valence-electron chi connectivity index (χ2n) is 7.12. The van der Waals surface area contributed by atoms with Crippen molar-refractivity contribution in [3.63, 3.8) is 0 Å². The first-order valence-electron chi connectivity index (χ1n) is 9.99. The summed E-state index contributed by atoms with van der Waals surface area (Å²) in [5.74, 6) is 1.63. The molecule has 0 saturated heterocycles. The first-order chi connectivity index (χ1) is 14.9. The highest BCUT2D eigenvalue weighted by Gasteiger charge is 2.11. The monoisotopic (exact) mass is 502 g/mol. The van der Waals surface area contributed by atoms with E-state index >= 15 is 0 Å². The lowest BCUT2D eigenvalue weighted by atomic mass is 10.1. The molecule has 0 unspecified atom stereocenters. The van der Waals surface area contributed by atoms with E-state index in [2.05, 4.69) is 15.9 Å². The molecule has 0 heterocycles. The first-order valence-corrected chi connectivity index (χ1v) is 11.2. The summed E-state index contributed by atoms with van der Waals surface area (Å²) in [5.41, 5.74) is 2.98. The lowest BCUT2D eigenvalue weighted by molar-refractivity contribution is -0.134. The molecule has 31 heavy (non-hydrogen) atoms. The number of carbonyl (C=O) groups is 1. The third-order valence-corrected chi connectivity index (χ3v) is 6.22. The highest BCUT2D eigenvalue weighted by atomic mass is 79.9. The van der Waals surface area contributed by atoms with Crippen LogP contribution in [0.4, 0.5) is 0 Å². The lowest BCUT2D eigenvalue weighted by Crippen LogP contribution is -2.10. The van der Waals surface area contributed by atoms with Crippen LogP contribution >= 0.6 is 27.5 Å². The second kappa shape index (κ2) is 11.2. The molecule has 0 aromatic heterocycles. The summed E-state index contributed by atoms with van der Waals surface area (Å²) < 4.78 is 17.8. The molecule has 0 atom stereocenters. The van der Waals surface area contributed by atoms with Crippen LogP contribution in [0.2, 0.25) is 5.02 Å². The molecule has 0 spiro atoms. The molecule has 0 fully saturated rings. The summed E-state index contributed by atoms with van der Waals surface area (Å²) >= 11 is 9.74. The Hall–Kier alpha value is -2.50. The van der Waals surface area contributed by atoms with E-state index in [9.17, 15) is 4.79 Å². The van der Waals surface area contributed by atoms with Crippen LogP contribution in [0.1, 0.15) is 29.5 Å². The maximum Gasteiger partial charge on any atom is 0.311 e. The summed E-state index contributed by atoms with van der Waals surface area (Å²) in [5, 5.41) is 0.722. The Bertz CT molecular complexity index is 1020. The molecule has 0 saturated carbocycles. The Morgan fingerprint density at radius 1 is 0.968 bits per heavy atom. The molecule has 3 aromatic carbocycles. The van der Waals surface area contributed by atoms with Gasteiger partial charge in [0.15, 0.2) is 0 Å². The molecule has 4 nitrogen and oxygen atoms in total. The zero-order chi connectivity index (χ0) is 22.2. The molecular weight excluding hydrogens is 480 g/mol. The van der Waals surface area contributed by atoms with E-state index in [0.29, 0.717) is 25.4 Å². The SMILES string of the molecule is Cc1cc(OCCCC(=O)Oc2ccc(OCc3ccccc3)cc2)c(Br)c(C)c1Cl. The second-order valence-corrected chi connectivity index (χ2v) is 8.29. The third-order valence-electron chi connectivity index (χ3n) is 4.66. The molecule has 3 aromatic rings. The van der Waals surface area contributed by atoms with Crippen LogP contribution in [0.5, 0.6) is 17.2 Å². The first kappa shape index (κ1) is 23.2. The Morgan fingerprint density at radius 2 is 1.65 bits per heavy atom. The van der Waals surface area contributed by atoms with Crippen molar-refractivity contribution in [2.45, 2.75) is 33.3 Å². The van der Waals surface area contributed by atoms with E-state index in [4.69, 9.17) is 25.8 Å². The van der Waals surface area contributed by atoms with Gasteiger partial charge in [-0.05, 0) is 83.2 Å². The van der Waals surface area contributed by atoms with Crippen LogP contribution in [0.25, 0.3) is 0 Å². The van der Waals surface area contributed by atoms with Crippen molar-refractivity contribution in [2.75, 3.05) is 6.61 Å². The van der Waals surface area contributed by atoms with Gasteiger partial charge >= 0.3 is 5.97 Å². The minimum Gasteiger partial charge on any atom is -0.492 e. The van der Waals surface area contributed by atoms with Crippen molar-refractivity contribution >= 4 is 33.5 Å². The normalized spacial score (nSPS) is 10.6. The standard InChI is InChI=1S/C25H24BrClO4/c1-17-15-22(24(26)18(2)25(17)27)29-14-6-9-23(28)31-21-12-10-20(11-13-21)30-16-19-7-4-3-5-8-19/h3-5,7-8,10-13,15H,6,9,14,16H2,1-2H3. The van der Waals surface area contributed by atoms with E-state index in [1.807, 2.05) is 50.2 Å². The summed E-state index contributed by atoms with van der Waals surface area (Å²) in [6.45, 7) is 4.76. The fourth-order valence-electron chi connectivity index (χ4n) is 2.93. The smallest absolute Gasteiger partial charge is 0.311 e. The number of rotatable bonds is 9. The Balaban J connectivity index is 1.41. The zero-order valence-electron chi connectivity index (χ0n) is 17.5. The molecule has 0 N–H and O–H groups in total. The summed E-state index contributed by atoms with van der Waals surface area (Å²) in [6, 6.07) is 18.9. The van der Waals surface area contributed by atoms with Crippen LogP contribution in [-0.4, -0.2) is 12.6 Å². The summed E-state index contributed by atoms with van der Waals surface area (Å²) in [4.78, 5) is 12.1. The Morgan fingerprint density at radius 3 is 2.35 bits per heavy atom. The largest absolute Gasteiger partial charge is 0.492 e. The van der Waals surface area contributed by atoms with Crippen LogP contribution in [0.15, 0.2) is 65.1 Å². The van der Waals surface area contributed by atoms with Crippen LogP contribution in [-0.2, 0) is 11.4 Å². The average Bonchev–Trinajstić information content (AvgIpc) is 2.78. The number of esters is 1. The maximum atomic E-state index is 12.1. The number of halogens is 2. The number of aryl methyl sites for hydroxylation is 1. The van der Waals surface area contributed by atoms with Gasteiger partial charge < -0.3 is 14.2 Å². The van der Waals surface area contributed by atoms with Gasteiger partial charge in [-0.15, -0.1) is 0 Å². The Kier molecular flexibility index (Phi) is 8.38. The van der Waals surface area contributed by atoms with Crippen LogP contribution in [0, 0.1) is 13.8 Å². The van der Waals surface area contributed by atoms with E-state index in [0.717, 1.165) is 37.7 Å². The molecule has 0 bridgehead atoms. The molecule has 0 radical (unpaired) electrons. The molecule has 162 valence electrons. The number of carbonyl (C=O) groups excluding carboxylic acids is 1. The van der Waals surface area contributed by atoms with Gasteiger partial charge in [-0.3, -0.25) is 4.79 Å². The predicted molar refractivity (Wildman–Crippen MR) is 126 cm³/mol. The van der Waals surface area contributed by atoms with Crippen molar-refractivity contribution in [3.05, 3.63) is 86.8 Å². The van der Waals surface area contributed by atoms with Crippen molar-refractivity contribution in [3.8, 4) is 17.2 Å². The minimum absolute atomic E-state index is 0.259. The van der Waals surface area contributed by atoms with E-state index in [1.54, 1.807) is 24.3 Å². The van der Waals surface area contributed by atoms with Gasteiger partial charge in [-0.1, -0.05) is 41.9 Å². The maximum absolute atomic E-state index is 12.1. The van der Waals surface area contributed by atoms with Crippen LogP contribution in [0.3, 0.4) is 0 Å². The third kappa shape index (κ3) is 6.74. The number of hydrogen-bond donors (Lipinski definition) is 0. The molecule has 3 rings (SSSR count). The van der Waals surface area contributed by atoms with E-state index in [1.165, 1.54) is 0 Å². The topological polar surface area (TPSA) is 44.8 Å². The fraction of sp³-hybridized carbons (Fsp3) is 0.240. The van der Waals surface area contributed by atoms with Crippen molar-refractivity contribution < 1.29 is 19.0 Å². The summed E-state index contributed by atoms with van der Waals surface area (Å²) in [7, 11) is 0. The number of benzene rings is 3. The fourth-order valence-corrected chi connectivity index (χ4v) is 3.62. The van der Waals surface area contributed by atoms with Gasteiger partial charge in [0.1, 0.15) is 23.9 Å². The van der Waals surface area contributed by atoms with Gasteiger partial charge in [-0.25, -0.2) is 0 Å². The van der Waals surface area contributed by atoms with Gasteiger partial charge in [0.05, 0.1) is 11.1 Å². The lowest BCUT2D eigenvalue weighted by Gasteiger charge is -2.13. The van der Waals surface area contributed by atoms with Gasteiger partial charge in [-0.2, -0.15) is 0 Å². The molecule has 0 aliphatic rings. The van der Waals surface area contributed by atoms with E-state index in [-0.39, 0.29) is 12.4 Å². The molecule has 0 aliphatic heterocycles. The van der Waals surface area contributed by atoms with Crippen molar-refractivity contribution in [2.24, 2.45) is 0 Å². The highest BCUT2D eigenvalue weighted by molar-refractivity contribution is 9.10. The highest BCUT2D eigenvalue weighted by Crippen LogP contribution is 2.35. The van der Waals surface area contributed by atoms with Gasteiger partial charge in [0, 0.05) is 11.4 Å². The number of hydrogen-bond acceptors (Lipinski definition) is 4. The Labute approximate surface area is 196 Å². The van der Waals surface area contributed by atoms with Gasteiger partial charge in [0.2, 0.25) is 0 Å². The number of ether oxygens (including phenoxy) is 3. The average molecular weight is 504 g/mol.